The molecule has 8 heteroatoms. The fourth-order valence-corrected chi connectivity index (χ4v) is 3.11. The van der Waals surface area contributed by atoms with Crippen LogP contribution in [0.1, 0.15) is 5.56 Å². The molecule has 1 N–H and O–H groups in total. The summed E-state index contributed by atoms with van der Waals surface area (Å²) >= 11 is 1.33. The van der Waals surface area contributed by atoms with Crippen molar-refractivity contribution in [3.8, 4) is 11.4 Å². The fraction of sp³-hybridized carbons (Fsp3) is 0.222. The van der Waals surface area contributed by atoms with Gasteiger partial charge in [0.25, 0.3) is 0 Å². The Hall–Kier alpha value is -2.74. The van der Waals surface area contributed by atoms with Crippen molar-refractivity contribution in [3.05, 3.63) is 60.2 Å². The molecule has 0 saturated carbocycles. The first kappa shape index (κ1) is 18.1. The average Bonchev–Trinajstić information content (AvgIpc) is 3.03. The summed E-state index contributed by atoms with van der Waals surface area (Å²) in [6.07, 6.45) is 4.06. The van der Waals surface area contributed by atoms with Crippen molar-refractivity contribution in [1.29, 1.82) is 0 Å². The number of amides is 1. The lowest BCUT2D eigenvalue weighted by Gasteiger charge is -2.06. The number of hydrogen-bond donors (Lipinski definition) is 1. The Balaban J connectivity index is 1.47. The average molecular weight is 371 g/mol. The summed E-state index contributed by atoms with van der Waals surface area (Å²) in [5.74, 6) is 0.646. The van der Waals surface area contributed by atoms with E-state index in [0.717, 1.165) is 17.0 Å². The minimum atomic E-state index is -0.260. The minimum Gasteiger partial charge on any atom is -0.355 e. The summed E-state index contributed by atoms with van der Waals surface area (Å²) < 4.78 is 14.7. The Morgan fingerprint density at radius 3 is 2.62 bits per heavy atom. The van der Waals surface area contributed by atoms with Crippen molar-refractivity contribution in [3.63, 3.8) is 0 Å². The van der Waals surface area contributed by atoms with Crippen molar-refractivity contribution >= 4 is 17.7 Å². The lowest BCUT2D eigenvalue weighted by atomic mass is 10.1. The molecule has 0 atom stereocenters. The van der Waals surface area contributed by atoms with E-state index in [2.05, 4.69) is 20.5 Å². The van der Waals surface area contributed by atoms with Gasteiger partial charge in [0.2, 0.25) is 5.91 Å². The molecule has 1 amide bonds. The molecule has 0 fully saturated rings. The number of halogens is 1. The van der Waals surface area contributed by atoms with Crippen LogP contribution in [0.15, 0.2) is 53.9 Å². The fourth-order valence-electron chi connectivity index (χ4n) is 2.37. The van der Waals surface area contributed by atoms with Crippen LogP contribution in [0.25, 0.3) is 11.4 Å². The first-order valence-electron chi connectivity index (χ1n) is 8.07. The van der Waals surface area contributed by atoms with Crippen molar-refractivity contribution in [2.45, 2.75) is 11.6 Å². The van der Waals surface area contributed by atoms with E-state index in [1.165, 1.54) is 23.9 Å². The molecular weight excluding hydrogens is 353 g/mol. The topological polar surface area (TPSA) is 72.7 Å². The van der Waals surface area contributed by atoms with E-state index in [1.54, 1.807) is 24.5 Å². The molecule has 2 heterocycles. The number of nitrogens with one attached hydrogen (secondary N) is 1. The number of thioether (sulfide) groups is 1. The maximum Gasteiger partial charge on any atom is 0.230 e. The standard InChI is InChI=1S/C18H18FN5OS/c1-24-17(14-7-9-20-10-8-14)22-23-18(24)26-12-16(25)21-11-6-13-2-4-15(19)5-3-13/h2-5,7-10H,6,11-12H2,1H3,(H,21,25). The summed E-state index contributed by atoms with van der Waals surface area (Å²) in [6, 6.07) is 10.00. The van der Waals surface area contributed by atoms with E-state index in [1.807, 2.05) is 23.7 Å². The molecule has 0 bridgehead atoms. The van der Waals surface area contributed by atoms with E-state index >= 15 is 0 Å². The summed E-state index contributed by atoms with van der Waals surface area (Å²) in [4.78, 5) is 16.0. The molecule has 0 saturated heterocycles. The maximum absolute atomic E-state index is 12.9. The Kier molecular flexibility index (Phi) is 5.96. The highest BCUT2D eigenvalue weighted by Gasteiger charge is 2.12. The highest BCUT2D eigenvalue weighted by molar-refractivity contribution is 7.99. The monoisotopic (exact) mass is 371 g/mol. The maximum atomic E-state index is 12.9. The van der Waals surface area contributed by atoms with Gasteiger partial charge in [0.05, 0.1) is 5.75 Å². The van der Waals surface area contributed by atoms with Crippen LogP contribution in [-0.2, 0) is 18.3 Å². The molecule has 0 aliphatic heterocycles. The van der Waals surface area contributed by atoms with Gasteiger partial charge in [-0.05, 0) is 36.2 Å². The molecule has 0 radical (unpaired) electrons. The van der Waals surface area contributed by atoms with Gasteiger partial charge in [0, 0.05) is 31.5 Å². The van der Waals surface area contributed by atoms with Crippen LogP contribution in [0.4, 0.5) is 4.39 Å². The number of pyridine rings is 1. The van der Waals surface area contributed by atoms with Crippen molar-refractivity contribution < 1.29 is 9.18 Å². The molecule has 0 aliphatic rings. The normalized spacial score (nSPS) is 10.7. The van der Waals surface area contributed by atoms with Crippen LogP contribution in [-0.4, -0.2) is 38.0 Å². The van der Waals surface area contributed by atoms with Gasteiger partial charge in [-0.2, -0.15) is 0 Å². The van der Waals surface area contributed by atoms with Gasteiger partial charge in [-0.25, -0.2) is 4.39 Å². The quantitative estimate of drug-likeness (QED) is 0.646. The number of carbonyl (C=O) groups excluding carboxylic acids is 1. The Morgan fingerprint density at radius 2 is 1.88 bits per heavy atom. The minimum absolute atomic E-state index is 0.0782. The van der Waals surface area contributed by atoms with Gasteiger partial charge < -0.3 is 9.88 Å². The smallest absolute Gasteiger partial charge is 0.230 e. The van der Waals surface area contributed by atoms with E-state index in [9.17, 15) is 9.18 Å². The molecule has 134 valence electrons. The number of rotatable bonds is 7. The molecular formula is C18H18FN5OS. The first-order valence-corrected chi connectivity index (χ1v) is 9.06. The molecule has 0 spiro atoms. The van der Waals surface area contributed by atoms with Gasteiger partial charge >= 0.3 is 0 Å². The molecule has 3 rings (SSSR count). The Labute approximate surface area is 154 Å². The van der Waals surface area contributed by atoms with Crippen molar-refractivity contribution in [2.75, 3.05) is 12.3 Å². The van der Waals surface area contributed by atoms with Gasteiger partial charge in [-0.1, -0.05) is 23.9 Å². The van der Waals surface area contributed by atoms with Crippen molar-refractivity contribution in [1.82, 2.24) is 25.1 Å². The van der Waals surface area contributed by atoms with Gasteiger partial charge in [0.15, 0.2) is 11.0 Å². The van der Waals surface area contributed by atoms with Gasteiger partial charge in [-0.15, -0.1) is 10.2 Å². The third-order valence-electron chi connectivity index (χ3n) is 3.75. The zero-order valence-electron chi connectivity index (χ0n) is 14.2. The lowest BCUT2D eigenvalue weighted by Crippen LogP contribution is -2.27. The molecule has 0 aliphatic carbocycles. The molecule has 6 nitrogen and oxygen atoms in total. The van der Waals surface area contributed by atoms with Crippen LogP contribution in [0.5, 0.6) is 0 Å². The Bertz CT molecular complexity index is 867. The predicted molar refractivity (Wildman–Crippen MR) is 98.1 cm³/mol. The molecule has 0 unspecified atom stereocenters. The van der Waals surface area contributed by atoms with Crippen LogP contribution in [0.2, 0.25) is 0 Å². The number of nitrogens with zero attached hydrogens (tertiary/aromatic N) is 4. The zero-order chi connectivity index (χ0) is 18.4. The van der Waals surface area contributed by atoms with Crippen LogP contribution < -0.4 is 5.32 Å². The zero-order valence-corrected chi connectivity index (χ0v) is 15.0. The summed E-state index contributed by atoms with van der Waals surface area (Å²) in [5, 5.41) is 11.8. The second-order valence-corrected chi connectivity index (χ2v) is 6.56. The second-order valence-electron chi connectivity index (χ2n) is 5.62. The Morgan fingerprint density at radius 1 is 1.15 bits per heavy atom. The molecule has 26 heavy (non-hydrogen) atoms. The van der Waals surface area contributed by atoms with Gasteiger partial charge in [-0.3, -0.25) is 9.78 Å². The summed E-state index contributed by atoms with van der Waals surface area (Å²) in [7, 11) is 1.87. The number of hydrogen-bond acceptors (Lipinski definition) is 5. The van der Waals surface area contributed by atoms with Crippen molar-refractivity contribution in [2.24, 2.45) is 7.05 Å². The third kappa shape index (κ3) is 4.66. The van der Waals surface area contributed by atoms with Gasteiger partial charge in [0.1, 0.15) is 5.82 Å². The number of aromatic nitrogens is 4. The second kappa shape index (κ2) is 8.57. The first-order chi connectivity index (χ1) is 12.6. The SMILES string of the molecule is Cn1c(SCC(=O)NCCc2ccc(F)cc2)nnc1-c1ccncc1. The molecule has 2 aromatic heterocycles. The molecule has 3 aromatic rings. The predicted octanol–water partition coefficient (Wildman–Crippen LogP) is 2.47. The van der Waals surface area contributed by atoms with E-state index in [-0.39, 0.29) is 17.5 Å². The number of carbonyl (C=O) groups is 1. The van der Waals surface area contributed by atoms with E-state index in [4.69, 9.17) is 0 Å². The van der Waals surface area contributed by atoms with Crippen LogP contribution >= 0.6 is 11.8 Å². The highest BCUT2D eigenvalue weighted by atomic mass is 32.2. The summed E-state index contributed by atoms with van der Waals surface area (Å²) in [5.41, 5.74) is 1.90. The molecule has 1 aromatic carbocycles. The highest BCUT2D eigenvalue weighted by Crippen LogP contribution is 2.21. The van der Waals surface area contributed by atoms with Crippen LogP contribution in [0.3, 0.4) is 0 Å². The largest absolute Gasteiger partial charge is 0.355 e. The summed E-state index contributed by atoms with van der Waals surface area (Å²) in [6.45, 7) is 0.506. The third-order valence-corrected chi connectivity index (χ3v) is 4.78. The lowest BCUT2D eigenvalue weighted by molar-refractivity contribution is -0.118. The van der Waals surface area contributed by atoms with E-state index in [0.29, 0.717) is 18.1 Å². The van der Waals surface area contributed by atoms with E-state index < -0.39 is 0 Å². The number of benzene rings is 1. The van der Waals surface area contributed by atoms with Crippen LogP contribution in [0, 0.1) is 5.82 Å².